The van der Waals surface area contributed by atoms with Crippen LogP contribution in [0.2, 0.25) is 0 Å². The van der Waals surface area contributed by atoms with Gasteiger partial charge in [0, 0.05) is 0 Å². The molecule has 4 aliphatic carbocycles. The van der Waals surface area contributed by atoms with Crippen LogP contribution in [0.5, 0.6) is 0 Å². The van der Waals surface area contributed by atoms with Crippen LogP contribution in [0.1, 0.15) is 79.1 Å². The van der Waals surface area contributed by atoms with Gasteiger partial charge >= 0.3 is 0 Å². The Hall–Kier alpha value is -0.0800. The van der Waals surface area contributed by atoms with Gasteiger partial charge in [-0.2, -0.15) is 0 Å². The average Bonchev–Trinajstić information content (AvgIpc) is 2.52. The fraction of sp³-hybridized carbons (Fsp3) is 1.00. The van der Waals surface area contributed by atoms with Gasteiger partial charge in [0.15, 0.2) is 0 Å². The van der Waals surface area contributed by atoms with Crippen molar-refractivity contribution in [2.75, 3.05) is 0 Å². The van der Waals surface area contributed by atoms with Gasteiger partial charge in [0.05, 0.1) is 11.7 Å². The molecule has 0 aliphatic heterocycles. The van der Waals surface area contributed by atoms with Crippen molar-refractivity contribution in [2.24, 2.45) is 34.0 Å². The molecule has 2 heteroatoms. The molecule has 0 aromatic carbocycles. The minimum absolute atomic E-state index is 0.133. The number of hydrogen-bond acceptors (Lipinski definition) is 2. The van der Waals surface area contributed by atoms with E-state index in [1.54, 1.807) is 0 Å². The maximum absolute atomic E-state index is 10.9. The first-order chi connectivity index (χ1) is 10.1. The first-order valence-electron chi connectivity index (χ1n) is 9.50. The van der Waals surface area contributed by atoms with E-state index in [0.29, 0.717) is 17.3 Å². The molecule has 2 N–H and O–H groups in total. The molecule has 22 heavy (non-hydrogen) atoms. The SMILES string of the molecule is CC1(C)C[C@H](O)C[C@@]2(C)[C@H]1CC[C@]13C[C@@H](CC[C@@H]12)[C@@](C)(O)C3. The zero-order valence-electron chi connectivity index (χ0n) is 14.9. The van der Waals surface area contributed by atoms with E-state index in [0.717, 1.165) is 25.2 Å². The molecule has 1 spiro atoms. The Balaban J connectivity index is 1.74. The molecule has 0 aromatic heterocycles. The van der Waals surface area contributed by atoms with Gasteiger partial charge < -0.3 is 10.2 Å². The molecule has 2 bridgehead atoms. The van der Waals surface area contributed by atoms with Gasteiger partial charge in [-0.1, -0.05) is 20.8 Å². The van der Waals surface area contributed by atoms with E-state index in [9.17, 15) is 10.2 Å². The Morgan fingerprint density at radius 2 is 1.59 bits per heavy atom. The third-order valence-corrected chi connectivity index (χ3v) is 8.69. The van der Waals surface area contributed by atoms with Gasteiger partial charge in [-0.3, -0.25) is 0 Å². The smallest absolute Gasteiger partial charge is 0.0653 e. The van der Waals surface area contributed by atoms with Crippen LogP contribution >= 0.6 is 0 Å². The van der Waals surface area contributed by atoms with Crippen molar-refractivity contribution in [1.82, 2.24) is 0 Å². The van der Waals surface area contributed by atoms with E-state index in [2.05, 4.69) is 27.7 Å². The number of aliphatic hydroxyl groups is 2. The molecule has 2 nitrogen and oxygen atoms in total. The highest BCUT2D eigenvalue weighted by Crippen LogP contribution is 2.72. The predicted molar refractivity (Wildman–Crippen MR) is 88.4 cm³/mol. The van der Waals surface area contributed by atoms with E-state index >= 15 is 0 Å². The fourth-order valence-corrected chi connectivity index (χ4v) is 8.29. The van der Waals surface area contributed by atoms with Gasteiger partial charge in [0.2, 0.25) is 0 Å². The lowest BCUT2D eigenvalue weighted by Gasteiger charge is -2.64. The third-order valence-electron chi connectivity index (χ3n) is 8.69. The molecule has 0 unspecified atom stereocenters. The summed E-state index contributed by atoms with van der Waals surface area (Å²) in [6.45, 7) is 9.34. The van der Waals surface area contributed by atoms with Crippen LogP contribution in [0.15, 0.2) is 0 Å². The van der Waals surface area contributed by atoms with Crippen molar-refractivity contribution in [3.05, 3.63) is 0 Å². The maximum atomic E-state index is 10.9. The second kappa shape index (κ2) is 4.30. The summed E-state index contributed by atoms with van der Waals surface area (Å²) in [5, 5.41) is 21.4. The summed E-state index contributed by atoms with van der Waals surface area (Å²) >= 11 is 0. The van der Waals surface area contributed by atoms with E-state index < -0.39 is 5.60 Å². The quantitative estimate of drug-likeness (QED) is 0.706. The second-order valence-corrected chi connectivity index (χ2v) is 10.6. The minimum Gasteiger partial charge on any atom is -0.393 e. The highest BCUT2D eigenvalue weighted by Gasteiger charge is 2.66. The minimum atomic E-state index is -0.444. The van der Waals surface area contributed by atoms with Crippen LogP contribution in [0.3, 0.4) is 0 Å². The lowest BCUT2D eigenvalue weighted by molar-refractivity contribution is -0.171. The van der Waals surface area contributed by atoms with Gasteiger partial charge in [0.1, 0.15) is 0 Å². The molecule has 126 valence electrons. The normalized spacial score (nSPS) is 59.7. The van der Waals surface area contributed by atoms with Gasteiger partial charge in [-0.15, -0.1) is 0 Å². The van der Waals surface area contributed by atoms with E-state index in [1.165, 1.54) is 32.1 Å². The van der Waals surface area contributed by atoms with E-state index in [1.807, 2.05) is 0 Å². The van der Waals surface area contributed by atoms with Crippen molar-refractivity contribution in [1.29, 1.82) is 0 Å². The highest BCUT2D eigenvalue weighted by atomic mass is 16.3. The van der Waals surface area contributed by atoms with Gasteiger partial charge in [-0.05, 0) is 92.3 Å². The zero-order valence-corrected chi connectivity index (χ0v) is 14.9. The van der Waals surface area contributed by atoms with Gasteiger partial charge in [0.25, 0.3) is 0 Å². The molecule has 0 heterocycles. The summed E-state index contributed by atoms with van der Waals surface area (Å²) in [6.07, 6.45) is 9.14. The molecular weight excluding hydrogens is 272 g/mol. The molecule has 4 fully saturated rings. The number of rotatable bonds is 0. The van der Waals surface area contributed by atoms with Crippen LogP contribution in [0, 0.1) is 34.0 Å². The van der Waals surface area contributed by atoms with E-state index in [-0.39, 0.29) is 16.9 Å². The standard InChI is InChI=1S/C20H34O2/c1-17(2)10-14(21)11-18(3)15(17)7-8-20-9-13(5-6-16(18)20)19(4,22)12-20/h13-16,21-22H,5-12H2,1-4H3/t13-,14+,15+,16-,18+,19+,20-/m1/s1. The highest BCUT2D eigenvalue weighted by molar-refractivity contribution is 5.16. The molecule has 4 rings (SSSR count). The number of fused-ring (bicyclic) bond motifs is 3. The summed E-state index contributed by atoms with van der Waals surface area (Å²) in [5.41, 5.74) is 0.447. The number of hydrogen-bond donors (Lipinski definition) is 2. The summed E-state index contributed by atoms with van der Waals surface area (Å²) in [5.74, 6) is 1.96. The van der Waals surface area contributed by atoms with Crippen LogP contribution in [0.4, 0.5) is 0 Å². The van der Waals surface area contributed by atoms with Crippen molar-refractivity contribution in [2.45, 2.75) is 90.8 Å². The summed E-state index contributed by atoms with van der Waals surface area (Å²) in [6, 6.07) is 0. The first-order valence-corrected chi connectivity index (χ1v) is 9.50. The Kier molecular flexibility index (Phi) is 3.02. The Morgan fingerprint density at radius 3 is 2.32 bits per heavy atom. The third kappa shape index (κ3) is 1.86. The van der Waals surface area contributed by atoms with Crippen molar-refractivity contribution in [3.63, 3.8) is 0 Å². The predicted octanol–water partition coefficient (Wildman–Crippen LogP) is 4.14. The molecule has 7 atom stereocenters. The largest absolute Gasteiger partial charge is 0.393 e. The second-order valence-electron chi connectivity index (χ2n) is 10.6. The van der Waals surface area contributed by atoms with Crippen molar-refractivity contribution >= 4 is 0 Å². The van der Waals surface area contributed by atoms with Crippen LogP contribution in [0.25, 0.3) is 0 Å². The summed E-state index contributed by atoms with van der Waals surface area (Å²) in [7, 11) is 0. The first kappa shape index (κ1) is 15.4. The zero-order chi connectivity index (χ0) is 16.0. The molecule has 4 saturated carbocycles. The van der Waals surface area contributed by atoms with Crippen molar-refractivity contribution < 1.29 is 10.2 Å². The van der Waals surface area contributed by atoms with Crippen molar-refractivity contribution in [3.8, 4) is 0 Å². The molecule has 4 aliphatic rings. The molecule has 0 amide bonds. The Labute approximate surface area is 135 Å². The molecule has 0 radical (unpaired) electrons. The lowest BCUT2D eigenvalue weighted by atomic mass is 9.41. The number of aliphatic hydroxyl groups excluding tert-OH is 1. The van der Waals surface area contributed by atoms with Crippen LogP contribution in [-0.4, -0.2) is 21.9 Å². The maximum Gasteiger partial charge on any atom is 0.0653 e. The molecule has 0 aromatic rings. The van der Waals surface area contributed by atoms with Crippen LogP contribution in [-0.2, 0) is 0 Å². The Morgan fingerprint density at radius 1 is 0.864 bits per heavy atom. The molecular formula is C20H34O2. The van der Waals surface area contributed by atoms with Gasteiger partial charge in [-0.25, -0.2) is 0 Å². The topological polar surface area (TPSA) is 40.5 Å². The summed E-state index contributed by atoms with van der Waals surface area (Å²) in [4.78, 5) is 0. The average molecular weight is 306 g/mol. The summed E-state index contributed by atoms with van der Waals surface area (Å²) < 4.78 is 0. The Bertz CT molecular complexity index is 482. The van der Waals surface area contributed by atoms with E-state index in [4.69, 9.17) is 0 Å². The van der Waals surface area contributed by atoms with Crippen LogP contribution < -0.4 is 0 Å². The molecule has 0 saturated heterocycles. The lowest BCUT2D eigenvalue weighted by Crippen LogP contribution is -2.58. The monoisotopic (exact) mass is 306 g/mol. The fourth-order valence-electron chi connectivity index (χ4n) is 8.29.